The van der Waals surface area contributed by atoms with Gasteiger partial charge < -0.3 is 9.80 Å². The Hall–Kier alpha value is -3.36. The molecular formula is C20H22N8O. The first kappa shape index (κ1) is 17.7. The lowest BCUT2D eigenvalue weighted by Crippen LogP contribution is -2.56. The molecule has 5 rings (SSSR count). The van der Waals surface area contributed by atoms with E-state index in [2.05, 4.69) is 30.0 Å². The summed E-state index contributed by atoms with van der Waals surface area (Å²) in [6.45, 7) is 5.28. The van der Waals surface area contributed by atoms with Gasteiger partial charge in [0, 0.05) is 42.8 Å². The maximum absolute atomic E-state index is 13.4. The first-order chi connectivity index (χ1) is 14.1. The van der Waals surface area contributed by atoms with Crippen LogP contribution in [0.2, 0.25) is 0 Å². The van der Waals surface area contributed by atoms with Gasteiger partial charge in [0.1, 0.15) is 0 Å². The third kappa shape index (κ3) is 3.12. The average Bonchev–Trinajstić information content (AvgIpc) is 3.33. The van der Waals surface area contributed by atoms with Crippen molar-refractivity contribution in [1.82, 2.24) is 34.8 Å². The molecule has 0 radical (unpaired) electrons. The number of aromatic nitrogens is 6. The number of amides is 1. The molecule has 0 spiro atoms. The van der Waals surface area contributed by atoms with Crippen molar-refractivity contribution in [3.8, 4) is 5.82 Å². The van der Waals surface area contributed by atoms with E-state index < -0.39 is 0 Å². The summed E-state index contributed by atoms with van der Waals surface area (Å²) >= 11 is 0. The number of hydrogen-bond donors (Lipinski definition) is 0. The van der Waals surface area contributed by atoms with Crippen molar-refractivity contribution >= 4 is 11.9 Å². The van der Waals surface area contributed by atoms with E-state index in [-0.39, 0.29) is 18.0 Å². The Morgan fingerprint density at radius 3 is 2.31 bits per heavy atom. The predicted octanol–water partition coefficient (Wildman–Crippen LogP) is 1.56. The molecule has 2 unspecified atom stereocenters. The lowest BCUT2D eigenvalue weighted by atomic mass is 10.1. The first-order valence-corrected chi connectivity index (χ1v) is 9.82. The zero-order chi connectivity index (χ0) is 20.0. The third-order valence-corrected chi connectivity index (χ3v) is 5.60. The van der Waals surface area contributed by atoms with Crippen molar-refractivity contribution < 1.29 is 4.79 Å². The molecule has 9 heteroatoms. The van der Waals surface area contributed by atoms with Crippen molar-refractivity contribution in [2.24, 2.45) is 0 Å². The fourth-order valence-corrected chi connectivity index (χ4v) is 4.44. The van der Waals surface area contributed by atoms with Gasteiger partial charge in [-0.05, 0) is 44.9 Å². The molecule has 29 heavy (non-hydrogen) atoms. The fraction of sp³-hybridized carbons (Fsp3) is 0.400. The minimum absolute atomic E-state index is 0.0386. The summed E-state index contributed by atoms with van der Waals surface area (Å²) in [7, 11) is 0. The molecule has 1 amide bonds. The molecule has 148 valence electrons. The number of rotatable bonds is 3. The number of pyridine rings is 1. The normalized spacial score (nSPS) is 20.9. The van der Waals surface area contributed by atoms with E-state index in [0.29, 0.717) is 24.5 Å². The molecule has 2 saturated heterocycles. The van der Waals surface area contributed by atoms with Gasteiger partial charge in [0.2, 0.25) is 5.95 Å². The Balaban J connectivity index is 1.41. The highest BCUT2D eigenvalue weighted by atomic mass is 16.2. The second-order valence-corrected chi connectivity index (χ2v) is 7.65. The van der Waals surface area contributed by atoms with Crippen LogP contribution in [-0.4, -0.2) is 65.9 Å². The number of hydrogen-bond acceptors (Lipinski definition) is 7. The minimum atomic E-state index is -0.0386. The number of nitrogens with zero attached hydrogens (tertiary/aromatic N) is 8. The zero-order valence-corrected chi connectivity index (χ0v) is 16.4. The van der Waals surface area contributed by atoms with Gasteiger partial charge in [-0.2, -0.15) is 10.2 Å². The van der Waals surface area contributed by atoms with Crippen LogP contribution in [0.15, 0.2) is 36.8 Å². The minimum Gasteiger partial charge on any atom is -0.334 e. The van der Waals surface area contributed by atoms with Crippen LogP contribution >= 0.6 is 0 Å². The lowest BCUT2D eigenvalue weighted by molar-refractivity contribution is 0.0716. The summed E-state index contributed by atoms with van der Waals surface area (Å²) in [5, 5.41) is 8.27. The van der Waals surface area contributed by atoms with E-state index >= 15 is 0 Å². The maximum atomic E-state index is 13.4. The van der Waals surface area contributed by atoms with Crippen LogP contribution in [0.3, 0.4) is 0 Å². The van der Waals surface area contributed by atoms with Crippen molar-refractivity contribution in [2.75, 3.05) is 18.0 Å². The van der Waals surface area contributed by atoms with E-state index in [0.717, 1.165) is 30.2 Å². The molecular weight excluding hydrogens is 368 g/mol. The van der Waals surface area contributed by atoms with Gasteiger partial charge in [-0.15, -0.1) is 4.80 Å². The summed E-state index contributed by atoms with van der Waals surface area (Å²) in [6.07, 6.45) is 6.86. The van der Waals surface area contributed by atoms with Gasteiger partial charge in [0.15, 0.2) is 5.82 Å². The molecule has 2 atom stereocenters. The largest absolute Gasteiger partial charge is 0.334 e. The first-order valence-electron chi connectivity index (χ1n) is 9.82. The van der Waals surface area contributed by atoms with Crippen LogP contribution < -0.4 is 4.90 Å². The summed E-state index contributed by atoms with van der Waals surface area (Å²) in [5.41, 5.74) is 2.45. The number of aryl methyl sites for hydroxylation is 2. The molecule has 9 nitrogen and oxygen atoms in total. The molecule has 3 aromatic heterocycles. The highest BCUT2D eigenvalue weighted by Crippen LogP contribution is 2.34. The molecule has 0 aromatic carbocycles. The fourth-order valence-electron chi connectivity index (χ4n) is 4.44. The molecule has 0 N–H and O–H groups in total. The monoisotopic (exact) mass is 390 g/mol. The number of carbonyl (C=O) groups excluding carboxylic acids is 1. The number of fused-ring (bicyclic) bond motifs is 2. The molecule has 2 aliphatic heterocycles. The Bertz CT molecular complexity index is 1020. The highest BCUT2D eigenvalue weighted by molar-refractivity contribution is 5.97. The summed E-state index contributed by atoms with van der Waals surface area (Å²) < 4.78 is 0. The summed E-state index contributed by atoms with van der Waals surface area (Å²) in [5.74, 6) is 1.20. The van der Waals surface area contributed by atoms with E-state index in [1.54, 1.807) is 30.7 Å². The molecule has 5 heterocycles. The number of likely N-dealkylation sites (tertiary alicyclic amines) is 1. The summed E-state index contributed by atoms with van der Waals surface area (Å²) in [6, 6.07) is 5.99. The molecule has 2 aliphatic rings. The molecule has 0 saturated carbocycles. The second kappa shape index (κ2) is 6.91. The smallest absolute Gasteiger partial charge is 0.257 e. The van der Waals surface area contributed by atoms with Gasteiger partial charge >= 0.3 is 0 Å². The Morgan fingerprint density at radius 1 is 1.00 bits per heavy atom. The topological polar surface area (TPSA) is 92.9 Å². The summed E-state index contributed by atoms with van der Waals surface area (Å²) in [4.78, 5) is 32.6. The SMILES string of the molecule is Cc1cc(C)nc(N2C3CCC2CN(C(=O)c2cccnc2-n2nccn2)C3)n1. The van der Waals surface area contributed by atoms with Crippen LogP contribution in [0.4, 0.5) is 5.95 Å². The van der Waals surface area contributed by atoms with E-state index in [4.69, 9.17) is 0 Å². The Morgan fingerprint density at radius 2 is 1.66 bits per heavy atom. The van der Waals surface area contributed by atoms with Gasteiger partial charge in [-0.25, -0.2) is 15.0 Å². The average molecular weight is 390 g/mol. The van der Waals surface area contributed by atoms with Crippen LogP contribution in [0.5, 0.6) is 0 Å². The van der Waals surface area contributed by atoms with Crippen molar-refractivity contribution in [2.45, 2.75) is 38.8 Å². The van der Waals surface area contributed by atoms with Crippen molar-refractivity contribution in [3.05, 3.63) is 53.7 Å². The van der Waals surface area contributed by atoms with Crippen LogP contribution in [0.25, 0.3) is 5.82 Å². The van der Waals surface area contributed by atoms with Crippen LogP contribution in [0, 0.1) is 13.8 Å². The van der Waals surface area contributed by atoms with E-state index in [9.17, 15) is 4.79 Å². The molecule has 2 fully saturated rings. The van der Waals surface area contributed by atoms with Gasteiger partial charge in [-0.3, -0.25) is 4.79 Å². The standard InChI is InChI=1S/C20H22N8O/c1-13-10-14(2)25-20(24-13)27-15-5-6-16(27)12-26(11-15)19(29)17-4-3-7-21-18(17)28-22-8-9-23-28/h3-4,7-10,15-16H,5-6,11-12H2,1-2H3. The number of carbonyl (C=O) groups is 1. The van der Waals surface area contributed by atoms with Crippen LogP contribution in [0.1, 0.15) is 34.6 Å². The predicted molar refractivity (Wildman–Crippen MR) is 106 cm³/mol. The third-order valence-electron chi connectivity index (χ3n) is 5.60. The van der Waals surface area contributed by atoms with Crippen LogP contribution in [-0.2, 0) is 0 Å². The molecule has 2 bridgehead atoms. The second-order valence-electron chi connectivity index (χ2n) is 7.65. The Kier molecular flexibility index (Phi) is 4.22. The number of piperazine rings is 1. The van der Waals surface area contributed by atoms with E-state index in [1.807, 2.05) is 24.8 Å². The van der Waals surface area contributed by atoms with Gasteiger partial charge in [0.25, 0.3) is 5.91 Å². The molecule has 0 aliphatic carbocycles. The van der Waals surface area contributed by atoms with Crippen molar-refractivity contribution in [1.29, 1.82) is 0 Å². The maximum Gasteiger partial charge on any atom is 0.257 e. The molecule has 3 aromatic rings. The highest BCUT2D eigenvalue weighted by Gasteiger charge is 2.43. The quantitative estimate of drug-likeness (QED) is 0.670. The zero-order valence-electron chi connectivity index (χ0n) is 16.4. The number of anilines is 1. The van der Waals surface area contributed by atoms with E-state index in [1.165, 1.54) is 4.80 Å². The Labute approximate surface area is 168 Å². The van der Waals surface area contributed by atoms with Gasteiger partial charge in [-0.1, -0.05) is 0 Å². The van der Waals surface area contributed by atoms with Crippen molar-refractivity contribution in [3.63, 3.8) is 0 Å². The lowest BCUT2D eigenvalue weighted by Gasteiger charge is -2.41. The van der Waals surface area contributed by atoms with Gasteiger partial charge in [0.05, 0.1) is 18.0 Å².